The normalized spacial score (nSPS) is 11.5. The summed E-state index contributed by atoms with van der Waals surface area (Å²) >= 11 is 0. The molecule has 3 heterocycles. The van der Waals surface area contributed by atoms with Crippen molar-refractivity contribution in [2.75, 3.05) is 0 Å². The largest absolute Gasteiger partial charge is 0.455 e. The van der Waals surface area contributed by atoms with Crippen molar-refractivity contribution in [3.8, 4) is 73.2 Å². The van der Waals surface area contributed by atoms with E-state index in [1.54, 1.807) is 0 Å². The molecule has 0 aliphatic rings. The molecule has 0 saturated heterocycles. The molecule has 0 N–H and O–H groups in total. The fourth-order valence-corrected chi connectivity index (χ4v) is 8.83. The van der Waals surface area contributed by atoms with Crippen LogP contribution in [0.4, 0.5) is 0 Å². The van der Waals surface area contributed by atoms with E-state index in [0.717, 1.165) is 82.8 Å². The molecule has 5 nitrogen and oxygen atoms in total. The van der Waals surface area contributed by atoms with E-state index < -0.39 is 0 Å². The lowest BCUT2D eigenvalue weighted by atomic mass is 10.00. The second-order valence-corrected chi connectivity index (χ2v) is 15.6. The van der Waals surface area contributed by atoms with Gasteiger partial charge in [0, 0.05) is 38.5 Å². The molecule has 0 unspecified atom stereocenters. The van der Waals surface area contributed by atoms with Crippen LogP contribution >= 0.6 is 0 Å². The van der Waals surface area contributed by atoms with Gasteiger partial charge in [-0.3, -0.25) is 0 Å². The van der Waals surface area contributed by atoms with E-state index in [9.17, 15) is 0 Å². The molecule has 290 valence electrons. The van der Waals surface area contributed by atoms with Gasteiger partial charge in [-0.05, 0) is 81.9 Å². The molecular formula is C57H36N4O. The first-order chi connectivity index (χ1) is 30.7. The van der Waals surface area contributed by atoms with E-state index in [4.69, 9.17) is 19.4 Å². The maximum Gasteiger partial charge on any atom is 0.164 e. The lowest BCUT2D eigenvalue weighted by Gasteiger charge is -2.11. The van der Waals surface area contributed by atoms with Crippen LogP contribution in [0.25, 0.3) is 117 Å². The summed E-state index contributed by atoms with van der Waals surface area (Å²) in [6, 6.07) is 76.3. The van der Waals surface area contributed by atoms with Crippen molar-refractivity contribution < 1.29 is 4.42 Å². The fourth-order valence-electron chi connectivity index (χ4n) is 8.83. The van der Waals surface area contributed by atoms with Gasteiger partial charge in [0.2, 0.25) is 0 Å². The quantitative estimate of drug-likeness (QED) is 0.161. The third-order valence-corrected chi connectivity index (χ3v) is 11.9. The third-order valence-electron chi connectivity index (χ3n) is 11.9. The van der Waals surface area contributed by atoms with Gasteiger partial charge in [0.05, 0.1) is 16.4 Å². The smallest absolute Gasteiger partial charge is 0.164 e. The highest BCUT2D eigenvalue weighted by Gasteiger charge is 2.20. The Morgan fingerprint density at radius 3 is 1.50 bits per heavy atom. The molecule has 12 aromatic rings. The fraction of sp³-hybridized carbons (Fsp3) is 0. The van der Waals surface area contributed by atoms with Crippen LogP contribution in [0.2, 0.25) is 0 Å². The first kappa shape index (κ1) is 35.5. The van der Waals surface area contributed by atoms with E-state index >= 15 is 0 Å². The minimum absolute atomic E-state index is 0.581. The highest BCUT2D eigenvalue weighted by molar-refractivity contribution is 6.24. The lowest BCUT2D eigenvalue weighted by molar-refractivity contribution is 0.673. The van der Waals surface area contributed by atoms with E-state index in [1.165, 1.54) is 16.7 Å². The second-order valence-electron chi connectivity index (χ2n) is 15.6. The summed E-state index contributed by atoms with van der Waals surface area (Å²) in [5.74, 6) is 1.81. The summed E-state index contributed by atoms with van der Waals surface area (Å²) in [6.07, 6.45) is 0. The van der Waals surface area contributed by atoms with E-state index in [-0.39, 0.29) is 0 Å². The standard InChI is InChI=1S/C57H36N4O/c1-4-14-37(15-5-1)39-26-28-40(29-27-39)43-21-13-23-46(35-43)61-50-25-11-10-24-49(50)53-51(61)33-32-48-47-31-30-45(36-52(47)62-54(48)53)57-59-55(41-18-8-3-9-19-41)58-56(60-57)44-22-12-20-42(34-44)38-16-6-2-7-17-38/h1-36H. The zero-order valence-electron chi connectivity index (χ0n) is 33.5. The monoisotopic (exact) mass is 792 g/mol. The van der Waals surface area contributed by atoms with Gasteiger partial charge in [-0.25, -0.2) is 15.0 Å². The molecule has 0 aliphatic heterocycles. The van der Waals surface area contributed by atoms with Crippen LogP contribution in [0.1, 0.15) is 0 Å². The first-order valence-electron chi connectivity index (χ1n) is 20.8. The van der Waals surface area contributed by atoms with Crippen molar-refractivity contribution in [2.45, 2.75) is 0 Å². The summed E-state index contributed by atoms with van der Waals surface area (Å²) in [6.45, 7) is 0. The molecule has 9 aromatic carbocycles. The lowest BCUT2D eigenvalue weighted by Crippen LogP contribution is -2.00. The number of fused-ring (bicyclic) bond motifs is 7. The topological polar surface area (TPSA) is 56.7 Å². The van der Waals surface area contributed by atoms with Crippen molar-refractivity contribution >= 4 is 43.7 Å². The molecule has 0 atom stereocenters. The summed E-state index contributed by atoms with van der Waals surface area (Å²) in [7, 11) is 0. The van der Waals surface area contributed by atoms with Crippen LogP contribution in [0, 0.1) is 0 Å². The predicted octanol–water partition coefficient (Wildman–Crippen LogP) is 14.9. The number of benzene rings is 9. The second kappa shape index (κ2) is 14.7. The van der Waals surface area contributed by atoms with E-state index in [1.807, 2.05) is 36.4 Å². The summed E-state index contributed by atoms with van der Waals surface area (Å²) in [4.78, 5) is 15.2. The van der Waals surface area contributed by atoms with Gasteiger partial charge in [-0.2, -0.15) is 0 Å². The highest BCUT2D eigenvalue weighted by atomic mass is 16.3. The van der Waals surface area contributed by atoms with Crippen LogP contribution in [-0.2, 0) is 0 Å². The highest BCUT2D eigenvalue weighted by Crippen LogP contribution is 2.42. The number of aromatic nitrogens is 4. The van der Waals surface area contributed by atoms with Gasteiger partial charge in [0.15, 0.2) is 17.5 Å². The molecule has 0 bridgehead atoms. The molecule has 3 aromatic heterocycles. The number of nitrogens with zero attached hydrogens (tertiary/aromatic N) is 4. The van der Waals surface area contributed by atoms with Gasteiger partial charge in [0.1, 0.15) is 11.2 Å². The molecular weight excluding hydrogens is 757 g/mol. The molecule has 0 fully saturated rings. The number of para-hydroxylation sites is 1. The number of hydrogen-bond donors (Lipinski definition) is 0. The third kappa shape index (κ3) is 6.14. The number of furan rings is 1. The molecule has 12 rings (SSSR count). The molecule has 62 heavy (non-hydrogen) atoms. The van der Waals surface area contributed by atoms with Crippen LogP contribution in [0.5, 0.6) is 0 Å². The van der Waals surface area contributed by atoms with Crippen molar-refractivity contribution in [1.82, 2.24) is 19.5 Å². The Hall–Kier alpha value is -8.41. The van der Waals surface area contributed by atoms with Crippen molar-refractivity contribution in [3.05, 3.63) is 218 Å². The first-order valence-corrected chi connectivity index (χ1v) is 20.8. The van der Waals surface area contributed by atoms with Gasteiger partial charge in [-0.1, -0.05) is 170 Å². The Bertz CT molecular complexity index is 3610. The predicted molar refractivity (Wildman–Crippen MR) is 254 cm³/mol. The molecule has 0 saturated carbocycles. The average Bonchev–Trinajstić information content (AvgIpc) is 3.90. The van der Waals surface area contributed by atoms with Crippen LogP contribution in [-0.4, -0.2) is 19.5 Å². The van der Waals surface area contributed by atoms with Crippen molar-refractivity contribution in [1.29, 1.82) is 0 Å². The zero-order valence-corrected chi connectivity index (χ0v) is 33.5. The number of rotatable bonds is 7. The molecule has 5 heteroatoms. The van der Waals surface area contributed by atoms with E-state index in [0.29, 0.717) is 17.5 Å². The maximum atomic E-state index is 6.94. The van der Waals surface area contributed by atoms with Crippen LogP contribution in [0.15, 0.2) is 223 Å². The molecule has 0 amide bonds. The van der Waals surface area contributed by atoms with Crippen molar-refractivity contribution in [2.24, 2.45) is 0 Å². The molecule has 0 radical (unpaired) electrons. The minimum atomic E-state index is 0.581. The van der Waals surface area contributed by atoms with Gasteiger partial charge < -0.3 is 8.98 Å². The molecule has 0 aliphatic carbocycles. The number of hydrogen-bond acceptors (Lipinski definition) is 4. The Balaban J connectivity index is 0.974. The van der Waals surface area contributed by atoms with Crippen LogP contribution < -0.4 is 0 Å². The van der Waals surface area contributed by atoms with Gasteiger partial charge in [-0.15, -0.1) is 0 Å². The Morgan fingerprint density at radius 1 is 0.306 bits per heavy atom. The Labute approximate surface area is 357 Å². The van der Waals surface area contributed by atoms with Gasteiger partial charge in [0.25, 0.3) is 0 Å². The Kier molecular flexibility index (Phi) is 8.42. The van der Waals surface area contributed by atoms with E-state index in [2.05, 4.69) is 187 Å². The average molecular weight is 793 g/mol. The minimum Gasteiger partial charge on any atom is -0.455 e. The summed E-state index contributed by atoms with van der Waals surface area (Å²) < 4.78 is 9.29. The Morgan fingerprint density at radius 2 is 0.790 bits per heavy atom. The summed E-state index contributed by atoms with van der Waals surface area (Å²) in [5.41, 5.74) is 14.6. The summed E-state index contributed by atoms with van der Waals surface area (Å²) in [5, 5.41) is 4.32. The van der Waals surface area contributed by atoms with Crippen LogP contribution in [0.3, 0.4) is 0 Å². The maximum absolute atomic E-state index is 6.94. The molecule has 0 spiro atoms. The van der Waals surface area contributed by atoms with Crippen molar-refractivity contribution in [3.63, 3.8) is 0 Å². The SMILES string of the molecule is c1ccc(-c2ccc(-c3cccc(-n4c5ccccc5c5c6oc7cc(-c8nc(-c9ccccc9)nc(-c9cccc(-c%10ccccc%10)c9)n8)ccc7c6ccc54)c3)cc2)cc1. The van der Waals surface area contributed by atoms with Gasteiger partial charge >= 0.3 is 0 Å². The zero-order chi connectivity index (χ0) is 41.0.